The van der Waals surface area contributed by atoms with Crippen LogP contribution in [0, 0.1) is 6.92 Å². The molecule has 0 aliphatic rings. The molecule has 7 nitrogen and oxygen atoms in total. The van der Waals surface area contributed by atoms with E-state index in [1.807, 2.05) is 49.4 Å². The molecule has 0 fully saturated rings. The lowest BCUT2D eigenvalue weighted by atomic mass is 10.1. The van der Waals surface area contributed by atoms with Crippen molar-refractivity contribution < 1.29 is 22.7 Å². The van der Waals surface area contributed by atoms with Crippen LogP contribution in [-0.4, -0.2) is 45.9 Å². The van der Waals surface area contributed by atoms with Crippen molar-refractivity contribution in [2.24, 2.45) is 0 Å². The maximum absolute atomic E-state index is 13.3. The van der Waals surface area contributed by atoms with Gasteiger partial charge in [-0.1, -0.05) is 54.1 Å². The summed E-state index contributed by atoms with van der Waals surface area (Å²) in [4.78, 5) is 12.9. The largest absolute Gasteiger partial charge is 0.493 e. The van der Waals surface area contributed by atoms with E-state index in [9.17, 15) is 13.2 Å². The van der Waals surface area contributed by atoms with Crippen molar-refractivity contribution in [1.82, 2.24) is 9.62 Å². The lowest BCUT2D eigenvalue weighted by Gasteiger charge is -2.22. The maximum atomic E-state index is 13.3. The van der Waals surface area contributed by atoms with Gasteiger partial charge in [-0.25, -0.2) is 8.42 Å². The minimum Gasteiger partial charge on any atom is -0.493 e. The molecule has 0 aliphatic carbocycles. The molecule has 1 amide bonds. The molecule has 3 aromatic rings. The average Bonchev–Trinajstić information content (AvgIpc) is 2.85. The van der Waals surface area contributed by atoms with E-state index in [0.29, 0.717) is 24.5 Å². The van der Waals surface area contributed by atoms with Crippen molar-refractivity contribution >= 4 is 15.9 Å². The minimum absolute atomic E-state index is 0.0978. The van der Waals surface area contributed by atoms with Gasteiger partial charge in [0, 0.05) is 13.1 Å². The van der Waals surface area contributed by atoms with Crippen molar-refractivity contribution in [1.29, 1.82) is 0 Å². The van der Waals surface area contributed by atoms with Gasteiger partial charge in [0.15, 0.2) is 11.5 Å². The smallest absolute Gasteiger partial charge is 0.243 e. The van der Waals surface area contributed by atoms with Gasteiger partial charge in [0.1, 0.15) is 0 Å². The Labute approximate surface area is 201 Å². The molecular formula is C26H30N2O5S. The second-order valence-corrected chi connectivity index (χ2v) is 9.80. The van der Waals surface area contributed by atoms with Gasteiger partial charge in [-0.3, -0.25) is 4.79 Å². The molecule has 0 saturated heterocycles. The highest BCUT2D eigenvalue weighted by Crippen LogP contribution is 2.27. The van der Waals surface area contributed by atoms with Crippen LogP contribution in [0.3, 0.4) is 0 Å². The number of sulfonamides is 1. The van der Waals surface area contributed by atoms with Crippen molar-refractivity contribution in [3.8, 4) is 11.5 Å². The van der Waals surface area contributed by atoms with Gasteiger partial charge in [-0.05, 0) is 48.7 Å². The Hall–Kier alpha value is -3.36. The van der Waals surface area contributed by atoms with Crippen LogP contribution in [0.5, 0.6) is 11.5 Å². The number of carbonyl (C=O) groups excluding carboxylic acids is 1. The average molecular weight is 483 g/mol. The predicted molar refractivity (Wildman–Crippen MR) is 131 cm³/mol. The Morgan fingerprint density at radius 2 is 1.53 bits per heavy atom. The van der Waals surface area contributed by atoms with Crippen molar-refractivity contribution in [3.63, 3.8) is 0 Å². The highest BCUT2D eigenvalue weighted by atomic mass is 32.2. The molecule has 0 bridgehead atoms. The lowest BCUT2D eigenvalue weighted by Crippen LogP contribution is -2.40. The number of rotatable bonds is 11. The molecule has 0 aromatic heterocycles. The maximum Gasteiger partial charge on any atom is 0.243 e. The molecule has 1 N–H and O–H groups in total. The Balaban J connectivity index is 1.69. The van der Waals surface area contributed by atoms with E-state index >= 15 is 0 Å². The number of hydrogen-bond donors (Lipinski definition) is 1. The third-order valence-corrected chi connectivity index (χ3v) is 7.17. The molecule has 0 unspecified atom stereocenters. The van der Waals surface area contributed by atoms with E-state index in [2.05, 4.69) is 5.32 Å². The number of methoxy groups -OCH3 is 2. The molecular weight excluding hydrogens is 452 g/mol. The van der Waals surface area contributed by atoms with E-state index in [4.69, 9.17) is 9.47 Å². The summed E-state index contributed by atoms with van der Waals surface area (Å²) in [6, 6.07) is 21.3. The summed E-state index contributed by atoms with van der Waals surface area (Å²) in [6.45, 7) is 2.14. The summed E-state index contributed by atoms with van der Waals surface area (Å²) in [7, 11) is -0.715. The Morgan fingerprint density at radius 1 is 0.882 bits per heavy atom. The van der Waals surface area contributed by atoms with Gasteiger partial charge in [-0.2, -0.15) is 4.31 Å². The monoisotopic (exact) mass is 482 g/mol. The normalized spacial score (nSPS) is 11.3. The fourth-order valence-electron chi connectivity index (χ4n) is 3.46. The van der Waals surface area contributed by atoms with Crippen LogP contribution in [-0.2, 0) is 27.8 Å². The van der Waals surface area contributed by atoms with Gasteiger partial charge in [0.25, 0.3) is 0 Å². The Bertz CT molecular complexity index is 1200. The number of hydrogen-bond acceptors (Lipinski definition) is 5. The molecule has 3 aromatic carbocycles. The zero-order valence-electron chi connectivity index (χ0n) is 19.7. The number of aryl methyl sites for hydroxylation is 1. The molecule has 8 heteroatoms. The number of nitrogens with zero attached hydrogens (tertiary/aromatic N) is 1. The third-order valence-electron chi connectivity index (χ3n) is 5.36. The summed E-state index contributed by atoms with van der Waals surface area (Å²) < 4.78 is 38.3. The molecule has 0 aliphatic heterocycles. The van der Waals surface area contributed by atoms with Gasteiger partial charge in [-0.15, -0.1) is 0 Å². The standard InChI is InChI=1S/C26H30N2O5S/c1-20-9-11-22(12-10-20)18-28(34(30,31)23-7-5-4-6-8-23)19-26(29)27-16-15-21-13-14-24(32-2)25(17-21)33-3/h4-14,17H,15-16,18-19H2,1-3H3,(H,27,29). The highest BCUT2D eigenvalue weighted by Gasteiger charge is 2.26. The summed E-state index contributed by atoms with van der Waals surface area (Å²) >= 11 is 0. The molecule has 0 heterocycles. The third kappa shape index (κ3) is 6.59. The van der Waals surface area contributed by atoms with E-state index in [1.165, 1.54) is 16.4 Å². The van der Waals surface area contributed by atoms with Crippen LogP contribution in [0.25, 0.3) is 0 Å². The number of ether oxygens (including phenoxy) is 2. The number of benzene rings is 3. The quantitative estimate of drug-likeness (QED) is 0.452. The van der Waals surface area contributed by atoms with E-state index in [0.717, 1.165) is 16.7 Å². The SMILES string of the molecule is COc1ccc(CCNC(=O)CN(Cc2ccc(C)cc2)S(=O)(=O)c2ccccc2)cc1OC. The topological polar surface area (TPSA) is 84.9 Å². The van der Waals surface area contributed by atoms with Crippen molar-refractivity contribution in [2.45, 2.75) is 24.8 Å². The fourth-order valence-corrected chi connectivity index (χ4v) is 4.87. The zero-order valence-corrected chi connectivity index (χ0v) is 20.5. The number of nitrogens with one attached hydrogen (secondary N) is 1. The molecule has 180 valence electrons. The molecule has 3 rings (SSSR count). The first kappa shape index (κ1) is 25.3. The second-order valence-electron chi connectivity index (χ2n) is 7.86. The van der Waals surface area contributed by atoms with Gasteiger partial charge >= 0.3 is 0 Å². The summed E-state index contributed by atoms with van der Waals surface area (Å²) in [5, 5.41) is 2.83. The summed E-state index contributed by atoms with van der Waals surface area (Å²) in [6.07, 6.45) is 0.565. The van der Waals surface area contributed by atoms with Crippen LogP contribution in [0.1, 0.15) is 16.7 Å². The van der Waals surface area contributed by atoms with Crippen molar-refractivity contribution in [3.05, 3.63) is 89.5 Å². The van der Waals surface area contributed by atoms with Crippen LogP contribution in [0.4, 0.5) is 0 Å². The van der Waals surface area contributed by atoms with E-state index in [1.54, 1.807) is 32.4 Å². The van der Waals surface area contributed by atoms with Gasteiger partial charge in [0.2, 0.25) is 15.9 Å². The van der Waals surface area contributed by atoms with Gasteiger partial charge < -0.3 is 14.8 Å². The van der Waals surface area contributed by atoms with Crippen LogP contribution in [0.15, 0.2) is 77.7 Å². The molecule has 0 radical (unpaired) electrons. The van der Waals surface area contributed by atoms with Crippen molar-refractivity contribution in [2.75, 3.05) is 27.3 Å². The van der Waals surface area contributed by atoms with E-state index in [-0.39, 0.29) is 23.9 Å². The molecule has 34 heavy (non-hydrogen) atoms. The summed E-state index contributed by atoms with van der Waals surface area (Å²) in [5.41, 5.74) is 2.85. The molecule has 0 atom stereocenters. The zero-order chi connectivity index (χ0) is 24.6. The fraction of sp³-hybridized carbons (Fsp3) is 0.269. The van der Waals surface area contributed by atoms with Crippen LogP contribution < -0.4 is 14.8 Å². The Kier molecular flexibility index (Phi) is 8.67. The minimum atomic E-state index is -3.86. The first-order valence-corrected chi connectivity index (χ1v) is 12.4. The number of amides is 1. The number of carbonyl (C=O) groups is 1. The van der Waals surface area contributed by atoms with Gasteiger partial charge in [0.05, 0.1) is 25.7 Å². The van der Waals surface area contributed by atoms with Crippen LogP contribution in [0.2, 0.25) is 0 Å². The Morgan fingerprint density at radius 3 is 2.18 bits per heavy atom. The first-order valence-electron chi connectivity index (χ1n) is 10.9. The first-order chi connectivity index (χ1) is 16.3. The lowest BCUT2D eigenvalue weighted by molar-refractivity contribution is -0.121. The highest BCUT2D eigenvalue weighted by molar-refractivity contribution is 7.89. The van der Waals surface area contributed by atoms with E-state index < -0.39 is 10.0 Å². The predicted octanol–water partition coefficient (Wildman–Crippen LogP) is 3.56. The second kappa shape index (κ2) is 11.7. The molecule has 0 spiro atoms. The summed E-state index contributed by atoms with van der Waals surface area (Å²) in [5.74, 6) is 0.879. The van der Waals surface area contributed by atoms with Crippen LogP contribution >= 0.6 is 0 Å². The molecule has 0 saturated carbocycles.